The molecule has 78 heavy (non-hydrogen) atoms. The Hall–Kier alpha value is -7.35. The summed E-state index contributed by atoms with van der Waals surface area (Å²) in [5.41, 5.74) is 11.7. The maximum atomic E-state index is 13.5. The first-order chi connectivity index (χ1) is 36.8. The number of hydrogen-bond acceptors (Lipinski definition) is 14. The van der Waals surface area contributed by atoms with Crippen LogP contribution in [-0.2, 0) is 54.8 Å². The third-order valence-electron chi connectivity index (χ3n) is 12.2. The number of ether oxygens (including phenoxy) is 3. The molecule has 7 rings (SSSR count). The van der Waals surface area contributed by atoms with Gasteiger partial charge >= 0.3 is 18.0 Å². The molecule has 416 valence electrons. The molecule has 2 unspecified atom stereocenters. The van der Waals surface area contributed by atoms with Crippen molar-refractivity contribution in [3.8, 4) is 0 Å². The Balaban J connectivity index is 0.000000243. The van der Waals surface area contributed by atoms with Crippen LogP contribution in [0.15, 0.2) is 94.2 Å². The molecule has 3 heterocycles. The highest BCUT2D eigenvalue weighted by Crippen LogP contribution is 2.32. The van der Waals surface area contributed by atoms with Crippen LogP contribution in [0.5, 0.6) is 0 Å². The third-order valence-corrected chi connectivity index (χ3v) is 13.7. The van der Waals surface area contributed by atoms with E-state index in [4.69, 9.17) is 19.9 Å². The monoisotopic (exact) mass is 1100 g/mol. The normalized spacial score (nSPS) is 13.4. The zero-order valence-electron chi connectivity index (χ0n) is 47.7. The molecule has 0 spiro atoms. The molecule has 1 aromatic heterocycles. The molecule has 0 fully saturated rings. The van der Waals surface area contributed by atoms with Crippen molar-refractivity contribution in [2.45, 2.75) is 157 Å². The zero-order valence-corrected chi connectivity index (χ0v) is 49.7. The van der Waals surface area contributed by atoms with Gasteiger partial charge in [-0.1, -0.05) is 87.4 Å². The van der Waals surface area contributed by atoms with Crippen LogP contribution >= 0.6 is 0 Å². The second-order valence-electron chi connectivity index (χ2n) is 22.2. The molecule has 19 heteroatoms. The van der Waals surface area contributed by atoms with Gasteiger partial charge in [0.05, 0.1) is 47.8 Å². The summed E-state index contributed by atoms with van der Waals surface area (Å²) in [6.07, 6.45) is 1.97. The lowest BCUT2D eigenvalue weighted by atomic mass is 9.91. The van der Waals surface area contributed by atoms with Crippen LogP contribution in [0, 0.1) is 0 Å². The molecule has 2 atom stereocenters. The predicted molar refractivity (Wildman–Crippen MR) is 310 cm³/mol. The number of esters is 2. The second kappa shape index (κ2) is 27.3. The molecule has 0 saturated heterocycles. The summed E-state index contributed by atoms with van der Waals surface area (Å²) in [4.78, 5) is 89.6. The highest BCUT2D eigenvalue weighted by Gasteiger charge is 2.33. The van der Waals surface area contributed by atoms with Crippen LogP contribution in [0.1, 0.15) is 140 Å². The Labute approximate surface area is 461 Å². The van der Waals surface area contributed by atoms with E-state index in [0.29, 0.717) is 62.1 Å². The number of nitrogens with two attached hydrogens (primary N) is 1. The molecule has 4 aromatic carbocycles. The number of anilines is 2. The summed E-state index contributed by atoms with van der Waals surface area (Å²) in [5, 5.41) is 3.19. The number of rotatable bonds is 16. The van der Waals surface area contributed by atoms with E-state index in [1.807, 2.05) is 74.5 Å². The highest BCUT2D eigenvalue weighted by molar-refractivity contribution is 6.76. The van der Waals surface area contributed by atoms with E-state index in [1.165, 1.54) is 17.0 Å². The van der Waals surface area contributed by atoms with Gasteiger partial charge < -0.3 is 29.7 Å². The number of amides is 3. The highest BCUT2D eigenvalue weighted by atomic mass is 28.3. The summed E-state index contributed by atoms with van der Waals surface area (Å²) in [5.74, 6) is -3.25. The predicted octanol–water partition coefficient (Wildman–Crippen LogP) is 11.9. The van der Waals surface area contributed by atoms with Crippen molar-refractivity contribution in [3.05, 3.63) is 130 Å². The molecule has 0 saturated carbocycles. The number of fused-ring (bicyclic) bond motifs is 3. The number of nitrogen functional groups attached to an aromatic ring is 1. The fourth-order valence-electron chi connectivity index (χ4n) is 8.62. The Morgan fingerprint density at radius 1 is 0.667 bits per heavy atom. The largest absolute Gasteiger partial charge is 0.466 e. The Morgan fingerprint density at radius 2 is 1.13 bits per heavy atom. The summed E-state index contributed by atoms with van der Waals surface area (Å²) >= 11 is 0. The smallest absolute Gasteiger partial charge is 0.412 e. The molecule has 17 nitrogen and oxygen atoms in total. The van der Waals surface area contributed by atoms with Crippen molar-refractivity contribution < 1.29 is 43.0 Å². The van der Waals surface area contributed by atoms with E-state index < -0.39 is 57.7 Å². The maximum absolute atomic E-state index is 13.5. The number of ketones is 1. The topological polar surface area (TPSA) is 225 Å². The van der Waals surface area contributed by atoms with Gasteiger partial charge in [-0.3, -0.25) is 38.6 Å². The molecule has 5 aromatic rings. The molecule has 3 N–H and O–H groups in total. The standard InChI is InChI=1S/C28H34N2O6.C24H26N4O3.C7H18N2Si2/c1-6-10-21(26(33)35-7-2)18-13-14-23(29-27(34)36-28(3,4)5)22(15-18)24(31)25(32)30-16-19-11-8-9-12-20(19)17-30;1-3-7-18(23(30)31-4-2)15-10-11-20-19(12-15)21(27-24(25)26-20)22(29)28-13-16-8-5-6-9-17(16)14-28;1-10(2,3)8-7-9-11(4,5)6/h8-9,11-15,21H,6-7,10,16-17H2,1-5H3,(H,29,34);5-6,8-12,18H,3-4,7,13-14H2,1-2H3,(H2,25,26,27);1-6H3. The summed E-state index contributed by atoms with van der Waals surface area (Å²) in [6.45, 7) is 28.0. The zero-order chi connectivity index (χ0) is 57.5. The first-order valence-electron chi connectivity index (χ1n) is 26.8. The van der Waals surface area contributed by atoms with E-state index in [9.17, 15) is 28.8 Å². The number of nitrogens with one attached hydrogen (secondary N) is 1. The minimum Gasteiger partial charge on any atom is -0.466 e. The van der Waals surface area contributed by atoms with Crippen LogP contribution in [0.25, 0.3) is 10.9 Å². The van der Waals surface area contributed by atoms with Gasteiger partial charge in [-0.25, -0.2) is 14.8 Å². The Bertz CT molecular complexity index is 2980. The molecular weight excluding hydrogens is 1020 g/mol. The minimum atomic E-state index is -1.31. The van der Waals surface area contributed by atoms with Crippen LogP contribution in [0.3, 0.4) is 0 Å². The minimum absolute atomic E-state index is 0.00437. The van der Waals surface area contributed by atoms with E-state index in [-0.39, 0.29) is 41.4 Å². The Morgan fingerprint density at radius 3 is 1.58 bits per heavy atom. The van der Waals surface area contributed by atoms with Crippen LogP contribution < -0.4 is 11.1 Å². The average Bonchev–Trinajstić information content (AvgIpc) is 4.02. The van der Waals surface area contributed by atoms with Crippen molar-refractivity contribution in [1.29, 1.82) is 0 Å². The van der Waals surface area contributed by atoms with Crippen molar-refractivity contribution in [2.75, 3.05) is 24.3 Å². The van der Waals surface area contributed by atoms with Crippen molar-refractivity contribution in [3.63, 3.8) is 0 Å². The van der Waals surface area contributed by atoms with Crippen molar-refractivity contribution >= 4 is 80.6 Å². The number of Topliss-reactive ketones (excluding diaryl/α,β-unsaturated/α-hetero) is 1. The average molecular weight is 1100 g/mol. The van der Waals surface area contributed by atoms with Gasteiger partial charge in [0.2, 0.25) is 5.95 Å². The van der Waals surface area contributed by atoms with E-state index in [1.54, 1.807) is 51.7 Å². The molecule has 2 aliphatic heterocycles. The van der Waals surface area contributed by atoms with Crippen LogP contribution in [0.4, 0.5) is 16.4 Å². The van der Waals surface area contributed by atoms with Gasteiger partial charge in [0, 0.05) is 31.6 Å². The van der Waals surface area contributed by atoms with Crippen LogP contribution in [0.2, 0.25) is 39.3 Å². The van der Waals surface area contributed by atoms with Crippen LogP contribution in [-0.4, -0.2) is 96.7 Å². The molecule has 3 amide bonds. The first kappa shape index (κ1) is 61.5. The number of aromatic nitrogens is 2. The van der Waals surface area contributed by atoms with Gasteiger partial charge in [0.25, 0.3) is 17.6 Å². The number of hydrogen-bond donors (Lipinski definition) is 2. The molecule has 0 aliphatic carbocycles. The first-order valence-corrected chi connectivity index (χ1v) is 33.6. The molecular formula is C59H78N8O9Si2. The lowest BCUT2D eigenvalue weighted by molar-refractivity contribution is -0.146. The molecule has 2 aliphatic rings. The quantitative estimate of drug-likeness (QED) is 0.0235. The summed E-state index contributed by atoms with van der Waals surface area (Å²) in [6, 6.07) is 28.7. The number of carbonyl (C=O) groups excluding carboxylic acids is 6. The summed E-state index contributed by atoms with van der Waals surface area (Å²) < 4.78 is 24.4. The molecule has 0 bridgehead atoms. The van der Waals surface area contributed by atoms with Gasteiger partial charge in [0.1, 0.15) is 11.3 Å². The SMILES string of the molecule is CCCC(C(=O)OCC)c1ccc(NC(=O)OC(C)(C)C)c(C(=O)C(=O)N2Cc3ccccc3C2)c1.CCCC(C(=O)OCC)c1ccc2nc(N)nc(C(=O)N3Cc4ccccc4C3)c2c1.C[Si](C)(C)N=C=N[Si](C)(C)C. The van der Waals surface area contributed by atoms with E-state index in [2.05, 4.69) is 69.9 Å². The fraction of sp³-hybridized carbons (Fsp3) is 0.441. The van der Waals surface area contributed by atoms with Gasteiger partial charge in [-0.2, -0.15) is 0 Å². The fourth-order valence-corrected chi connectivity index (χ4v) is 9.42. The summed E-state index contributed by atoms with van der Waals surface area (Å²) in [7, 11) is -2.63. The molecule has 0 radical (unpaired) electrons. The van der Waals surface area contributed by atoms with Gasteiger partial charge in [0.15, 0.2) is 16.5 Å². The van der Waals surface area contributed by atoms with Gasteiger partial charge in [-0.05, 0) is 144 Å². The lowest BCUT2D eigenvalue weighted by Crippen LogP contribution is -2.33. The van der Waals surface area contributed by atoms with E-state index >= 15 is 0 Å². The van der Waals surface area contributed by atoms with E-state index in [0.717, 1.165) is 40.7 Å². The van der Waals surface area contributed by atoms with Gasteiger partial charge in [-0.15, -0.1) is 0 Å². The number of nitrogens with zero attached hydrogens (tertiary/aromatic N) is 6. The lowest BCUT2D eigenvalue weighted by Gasteiger charge is -2.22. The number of carbonyl (C=O) groups is 6. The van der Waals surface area contributed by atoms with Crippen molar-refractivity contribution in [1.82, 2.24) is 19.8 Å². The third kappa shape index (κ3) is 17.6. The Kier molecular flexibility index (Phi) is 21.5. The number of benzene rings is 4. The second-order valence-corrected chi connectivity index (χ2v) is 31.3. The van der Waals surface area contributed by atoms with Crippen molar-refractivity contribution in [2.24, 2.45) is 9.32 Å². The maximum Gasteiger partial charge on any atom is 0.412 e.